The first-order chi connectivity index (χ1) is 20.1. The predicted molar refractivity (Wildman–Crippen MR) is 161 cm³/mol. The molecule has 0 saturated heterocycles. The summed E-state index contributed by atoms with van der Waals surface area (Å²) in [5.41, 5.74) is 2.99. The maximum Gasteiger partial charge on any atom is 0.412 e. The molecule has 2 amide bonds. The third kappa shape index (κ3) is 7.93. The fourth-order valence-electron chi connectivity index (χ4n) is 4.40. The van der Waals surface area contributed by atoms with E-state index >= 15 is 0 Å². The Labute approximate surface area is 245 Å². The van der Waals surface area contributed by atoms with Crippen LogP contribution in [0.3, 0.4) is 0 Å². The maximum atomic E-state index is 12.4. The SMILES string of the molecule is CCn1nc(C)cc1Nc1nc2cc(NC(=O)OC(C)(C)C)cc(OC)c2n1CCCNC(=O)OCc1ccccc1. The van der Waals surface area contributed by atoms with Gasteiger partial charge in [-0.15, -0.1) is 0 Å². The molecule has 0 aliphatic rings. The number of rotatable bonds is 11. The number of hydrogen-bond donors (Lipinski definition) is 3. The second-order valence-electron chi connectivity index (χ2n) is 10.7. The van der Waals surface area contributed by atoms with Crippen LogP contribution < -0.4 is 20.7 Å². The zero-order valence-electron chi connectivity index (χ0n) is 25.0. The van der Waals surface area contributed by atoms with Crippen molar-refractivity contribution < 1.29 is 23.8 Å². The van der Waals surface area contributed by atoms with E-state index in [1.165, 1.54) is 0 Å². The van der Waals surface area contributed by atoms with Crippen molar-refractivity contribution in [1.82, 2.24) is 24.6 Å². The van der Waals surface area contributed by atoms with Crippen molar-refractivity contribution in [3.05, 3.63) is 59.8 Å². The minimum absolute atomic E-state index is 0.203. The molecule has 12 nitrogen and oxygen atoms in total. The van der Waals surface area contributed by atoms with Gasteiger partial charge in [0, 0.05) is 37.5 Å². The number of benzene rings is 2. The van der Waals surface area contributed by atoms with Crippen LogP contribution in [-0.2, 0) is 29.2 Å². The van der Waals surface area contributed by atoms with Crippen molar-refractivity contribution in [3.8, 4) is 5.75 Å². The second kappa shape index (κ2) is 13.3. The van der Waals surface area contributed by atoms with Gasteiger partial charge in [-0.3, -0.25) is 5.32 Å². The van der Waals surface area contributed by atoms with E-state index in [2.05, 4.69) is 21.0 Å². The highest BCUT2D eigenvalue weighted by Crippen LogP contribution is 2.34. The fourth-order valence-corrected chi connectivity index (χ4v) is 4.40. The van der Waals surface area contributed by atoms with Crippen LogP contribution in [0.4, 0.5) is 27.0 Å². The third-order valence-corrected chi connectivity index (χ3v) is 6.15. The van der Waals surface area contributed by atoms with Crippen molar-refractivity contribution in [1.29, 1.82) is 0 Å². The van der Waals surface area contributed by atoms with Crippen molar-refractivity contribution in [3.63, 3.8) is 0 Å². The fraction of sp³-hybridized carbons (Fsp3) is 0.400. The molecule has 0 unspecified atom stereocenters. The number of carbonyl (C=O) groups is 2. The highest BCUT2D eigenvalue weighted by atomic mass is 16.6. The monoisotopic (exact) mass is 577 g/mol. The summed E-state index contributed by atoms with van der Waals surface area (Å²) in [6, 6.07) is 15.0. The number of anilines is 3. The summed E-state index contributed by atoms with van der Waals surface area (Å²) in [5.74, 6) is 1.88. The van der Waals surface area contributed by atoms with Crippen molar-refractivity contribution in [2.24, 2.45) is 0 Å². The number of amides is 2. The smallest absolute Gasteiger partial charge is 0.412 e. The van der Waals surface area contributed by atoms with E-state index in [0.29, 0.717) is 49.0 Å². The van der Waals surface area contributed by atoms with Crippen molar-refractivity contribution in [2.45, 2.75) is 66.3 Å². The van der Waals surface area contributed by atoms with E-state index in [-0.39, 0.29) is 6.61 Å². The van der Waals surface area contributed by atoms with Crippen LogP contribution in [-0.4, -0.2) is 50.8 Å². The summed E-state index contributed by atoms with van der Waals surface area (Å²) in [6.07, 6.45) is -0.465. The molecule has 0 aliphatic carbocycles. The molecule has 4 aromatic rings. The zero-order valence-corrected chi connectivity index (χ0v) is 25.0. The molecule has 0 fully saturated rings. The summed E-state index contributed by atoms with van der Waals surface area (Å²) in [6.45, 7) is 11.1. The molecular formula is C30H39N7O5. The van der Waals surface area contributed by atoms with Gasteiger partial charge < -0.3 is 29.4 Å². The molecule has 3 N–H and O–H groups in total. The number of fused-ring (bicyclic) bond motifs is 1. The van der Waals surface area contributed by atoms with Gasteiger partial charge in [0.05, 0.1) is 18.3 Å². The van der Waals surface area contributed by atoms with E-state index in [4.69, 9.17) is 19.2 Å². The van der Waals surface area contributed by atoms with Crippen LogP contribution in [0.1, 0.15) is 45.4 Å². The first kappa shape index (κ1) is 30.2. The number of nitrogens with one attached hydrogen (secondary N) is 3. The van der Waals surface area contributed by atoms with E-state index in [1.54, 1.807) is 40.0 Å². The second-order valence-corrected chi connectivity index (χ2v) is 10.7. The van der Waals surface area contributed by atoms with Crippen LogP contribution in [0.5, 0.6) is 5.75 Å². The van der Waals surface area contributed by atoms with Crippen LogP contribution >= 0.6 is 0 Å². The zero-order chi connectivity index (χ0) is 30.3. The molecule has 2 heterocycles. The summed E-state index contributed by atoms with van der Waals surface area (Å²) in [7, 11) is 1.57. The summed E-state index contributed by atoms with van der Waals surface area (Å²) in [4.78, 5) is 29.5. The lowest BCUT2D eigenvalue weighted by molar-refractivity contribution is 0.0636. The third-order valence-electron chi connectivity index (χ3n) is 6.15. The van der Waals surface area contributed by atoms with Gasteiger partial charge >= 0.3 is 12.2 Å². The van der Waals surface area contributed by atoms with Gasteiger partial charge in [0.15, 0.2) is 0 Å². The van der Waals surface area contributed by atoms with Gasteiger partial charge in [0.1, 0.15) is 29.3 Å². The van der Waals surface area contributed by atoms with Gasteiger partial charge in [-0.2, -0.15) is 5.10 Å². The number of imidazole rings is 1. The molecule has 0 bridgehead atoms. The molecule has 0 spiro atoms. The van der Waals surface area contributed by atoms with Gasteiger partial charge in [-0.25, -0.2) is 19.3 Å². The minimum Gasteiger partial charge on any atom is -0.494 e. The Kier molecular flexibility index (Phi) is 9.56. The molecule has 2 aromatic heterocycles. The molecular weight excluding hydrogens is 538 g/mol. The lowest BCUT2D eigenvalue weighted by Crippen LogP contribution is -2.27. The Bertz CT molecular complexity index is 1520. The van der Waals surface area contributed by atoms with E-state index in [9.17, 15) is 9.59 Å². The van der Waals surface area contributed by atoms with Crippen LogP contribution in [0.25, 0.3) is 11.0 Å². The number of hydrogen-bond acceptors (Lipinski definition) is 8. The van der Waals surface area contributed by atoms with E-state index in [1.807, 2.05) is 59.5 Å². The van der Waals surface area contributed by atoms with E-state index < -0.39 is 17.8 Å². The molecule has 12 heteroatoms. The summed E-state index contributed by atoms with van der Waals surface area (Å²) < 4.78 is 20.3. The number of nitrogens with zero attached hydrogens (tertiary/aromatic N) is 4. The van der Waals surface area contributed by atoms with Gasteiger partial charge in [0.25, 0.3) is 0 Å². The number of aromatic nitrogens is 4. The highest BCUT2D eigenvalue weighted by Gasteiger charge is 2.21. The first-order valence-corrected chi connectivity index (χ1v) is 13.9. The standard InChI is InChI=1S/C30H39N7O5/c1-7-37-25(16-20(2)35-37)34-27-33-23-17-22(32-29(39)42-30(3,4)5)18-24(40-6)26(23)36(27)15-11-14-31-28(38)41-19-21-12-9-8-10-13-21/h8-10,12-13,16-18H,7,11,14-15,19H2,1-6H3,(H,31,38)(H,32,39)(H,33,34). The predicted octanol–water partition coefficient (Wildman–Crippen LogP) is 5.98. The van der Waals surface area contributed by atoms with Crippen LogP contribution in [0.2, 0.25) is 0 Å². The van der Waals surface area contributed by atoms with Gasteiger partial charge in [-0.05, 0) is 52.7 Å². The van der Waals surface area contributed by atoms with Gasteiger partial charge in [0.2, 0.25) is 5.95 Å². The average Bonchev–Trinajstić information content (AvgIpc) is 3.47. The van der Waals surface area contributed by atoms with E-state index in [0.717, 1.165) is 22.6 Å². The highest BCUT2D eigenvalue weighted by molar-refractivity contribution is 5.93. The molecule has 0 aliphatic heterocycles. The van der Waals surface area contributed by atoms with Crippen LogP contribution in [0, 0.1) is 6.92 Å². The Hall–Kier alpha value is -4.74. The van der Waals surface area contributed by atoms with Crippen LogP contribution in [0.15, 0.2) is 48.5 Å². The topological polar surface area (TPSA) is 134 Å². The Balaban J connectivity index is 1.55. The number of alkyl carbamates (subject to hydrolysis) is 1. The number of aryl methyl sites for hydroxylation is 3. The Morgan fingerprint density at radius 1 is 1.05 bits per heavy atom. The molecule has 42 heavy (non-hydrogen) atoms. The van der Waals surface area contributed by atoms with Crippen molar-refractivity contribution in [2.75, 3.05) is 24.3 Å². The Morgan fingerprint density at radius 3 is 2.50 bits per heavy atom. The summed E-state index contributed by atoms with van der Waals surface area (Å²) >= 11 is 0. The molecule has 0 radical (unpaired) electrons. The molecule has 224 valence electrons. The number of carbonyl (C=O) groups excluding carboxylic acids is 2. The number of ether oxygens (including phenoxy) is 3. The minimum atomic E-state index is -0.640. The molecule has 0 atom stereocenters. The lowest BCUT2D eigenvalue weighted by atomic mass is 10.2. The molecule has 0 saturated carbocycles. The number of methoxy groups -OCH3 is 1. The summed E-state index contributed by atoms with van der Waals surface area (Å²) in [5, 5.41) is 13.5. The molecule has 4 rings (SSSR count). The lowest BCUT2D eigenvalue weighted by Gasteiger charge is -2.20. The largest absolute Gasteiger partial charge is 0.494 e. The Morgan fingerprint density at radius 2 is 1.81 bits per heavy atom. The normalized spacial score (nSPS) is 11.3. The molecule has 2 aromatic carbocycles. The average molecular weight is 578 g/mol. The van der Waals surface area contributed by atoms with Crippen molar-refractivity contribution >= 4 is 40.7 Å². The van der Waals surface area contributed by atoms with Gasteiger partial charge in [-0.1, -0.05) is 30.3 Å². The maximum absolute atomic E-state index is 12.4. The first-order valence-electron chi connectivity index (χ1n) is 13.9. The quantitative estimate of drug-likeness (QED) is 0.186.